The normalized spacial score (nSPS) is 11.1. The molecule has 2 heterocycles. The van der Waals surface area contributed by atoms with Crippen LogP contribution in [0.2, 0.25) is 0 Å². The van der Waals surface area contributed by atoms with Crippen LogP contribution in [0.4, 0.5) is 5.69 Å². The average molecular weight is 394 g/mol. The number of fused-ring (bicyclic) bond motifs is 1. The summed E-state index contributed by atoms with van der Waals surface area (Å²) in [7, 11) is 0. The van der Waals surface area contributed by atoms with Crippen LogP contribution in [0.15, 0.2) is 51.0 Å². The first-order valence-electron chi connectivity index (χ1n) is 8.32. The predicted molar refractivity (Wildman–Crippen MR) is 107 cm³/mol. The lowest BCUT2D eigenvalue weighted by molar-refractivity contribution is -0.385. The monoisotopic (exact) mass is 394 g/mol. The molecule has 4 aromatic rings. The number of phenols is 1. The van der Waals surface area contributed by atoms with Crippen molar-refractivity contribution in [1.29, 1.82) is 0 Å². The molecule has 0 fully saturated rings. The van der Waals surface area contributed by atoms with Gasteiger partial charge in [0, 0.05) is 28.5 Å². The molecule has 0 amide bonds. The highest BCUT2D eigenvalue weighted by molar-refractivity contribution is 7.13. The number of thiazole rings is 1. The van der Waals surface area contributed by atoms with Gasteiger partial charge in [-0.25, -0.2) is 9.78 Å². The quantitative estimate of drug-likeness (QED) is 0.303. The van der Waals surface area contributed by atoms with Gasteiger partial charge in [0.15, 0.2) is 5.75 Å². The minimum absolute atomic E-state index is 0.0710. The summed E-state index contributed by atoms with van der Waals surface area (Å²) in [4.78, 5) is 27.3. The molecule has 0 saturated carbocycles. The Morgan fingerprint density at radius 1 is 1.14 bits per heavy atom. The maximum Gasteiger partial charge on any atom is 0.345 e. The van der Waals surface area contributed by atoms with Gasteiger partial charge in [-0.2, -0.15) is 0 Å². The summed E-state index contributed by atoms with van der Waals surface area (Å²) >= 11 is 1.40. The van der Waals surface area contributed by atoms with E-state index in [2.05, 4.69) is 11.1 Å². The van der Waals surface area contributed by atoms with Gasteiger partial charge in [-0.05, 0) is 25.5 Å². The number of nitro benzene ring substituents is 1. The number of aromatic hydroxyl groups is 1. The van der Waals surface area contributed by atoms with Gasteiger partial charge >= 0.3 is 11.3 Å². The minimum Gasteiger partial charge on any atom is -0.502 e. The molecule has 0 radical (unpaired) electrons. The highest BCUT2D eigenvalue weighted by Gasteiger charge is 2.18. The summed E-state index contributed by atoms with van der Waals surface area (Å²) in [5.74, 6) is -0.556. The van der Waals surface area contributed by atoms with Crippen molar-refractivity contribution in [2.75, 3.05) is 0 Å². The second kappa shape index (κ2) is 6.58. The fourth-order valence-corrected chi connectivity index (χ4v) is 3.95. The van der Waals surface area contributed by atoms with E-state index in [0.29, 0.717) is 11.1 Å². The summed E-state index contributed by atoms with van der Waals surface area (Å²) < 4.78 is 5.24. The molecule has 0 aliphatic heterocycles. The Morgan fingerprint density at radius 3 is 2.64 bits per heavy atom. The molecule has 2 aromatic carbocycles. The van der Waals surface area contributed by atoms with Crippen LogP contribution in [0.5, 0.6) is 5.75 Å². The third-order valence-electron chi connectivity index (χ3n) is 4.42. The first kappa shape index (κ1) is 17.9. The smallest absolute Gasteiger partial charge is 0.345 e. The second-order valence-electron chi connectivity index (χ2n) is 6.44. The molecule has 0 bridgehead atoms. The minimum atomic E-state index is -0.694. The van der Waals surface area contributed by atoms with Gasteiger partial charge in [-0.1, -0.05) is 23.8 Å². The summed E-state index contributed by atoms with van der Waals surface area (Å²) in [5.41, 5.74) is 2.84. The van der Waals surface area contributed by atoms with Gasteiger partial charge in [-0.15, -0.1) is 11.3 Å². The molecule has 8 heteroatoms. The molecule has 0 spiro atoms. The molecular weight excluding hydrogens is 380 g/mol. The first-order valence-corrected chi connectivity index (χ1v) is 9.20. The Hall–Kier alpha value is -3.52. The number of hydrogen-bond donors (Lipinski definition) is 1. The molecule has 2 aromatic heterocycles. The molecular formula is C20H14N2O5S. The molecule has 0 saturated heterocycles. The topological polar surface area (TPSA) is 106 Å². The zero-order chi connectivity index (χ0) is 20.0. The van der Waals surface area contributed by atoms with Crippen LogP contribution in [0.25, 0.3) is 32.8 Å². The Labute approximate surface area is 162 Å². The Kier molecular flexibility index (Phi) is 4.20. The van der Waals surface area contributed by atoms with Crippen LogP contribution < -0.4 is 5.63 Å². The van der Waals surface area contributed by atoms with Crippen molar-refractivity contribution in [2.24, 2.45) is 0 Å². The SMILES string of the molecule is Cc1ccc(-c2nc(-c3cc4cc([N+](=O)[O-])c(O)cc4oc3=O)cs2)c(C)c1. The van der Waals surface area contributed by atoms with Crippen molar-refractivity contribution in [3.05, 3.63) is 73.4 Å². The van der Waals surface area contributed by atoms with Crippen molar-refractivity contribution in [1.82, 2.24) is 4.98 Å². The van der Waals surface area contributed by atoms with Crippen molar-refractivity contribution in [3.63, 3.8) is 0 Å². The average Bonchev–Trinajstić information content (AvgIpc) is 3.10. The highest BCUT2D eigenvalue weighted by Crippen LogP contribution is 2.34. The Morgan fingerprint density at radius 2 is 1.93 bits per heavy atom. The van der Waals surface area contributed by atoms with Crippen LogP contribution in [0.1, 0.15) is 11.1 Å². The van der Waals surface area contributed by atoms with E-state index in [0.717, 1.165) is 27.8 Å². The van der Waals surface area contributed by atoms with Gasteiger partial charge in [-0.3, -0.25) is 10.1 Å². The zero-order valence-electron chi connectivity index (χ0n) is 14.9. The van der Waals surface area contributed by atoms with Gasteiger partial charge in [0.2, 0.25) is 0 Å². The van der Waals surface area contributed by atoms with E-state index in [1.807, 2.05) is 26.0 Å². The summed E-state index contributed by atoms with van der Waals surface area (Å²) in [6, 6.07) is 9.79. The van der Waals surface area contributed by atoms with Crippen LogP contribution in [-0.2, 0) is 0 Å². The van der Waals surface area contributed by atoms with Crippen molar-refractivity contribution in [3.8, 4) is 27.6 Å². The summed E-state index contributed by atoms with van der Waals surface area (Å²) in [6.07, 6.45) is 0. The Balaban J connectivity index is 1.84. The van der Waals surface area contributed by atoms with E-state index in [4.69, 9.17) is 4.42 Å². The zero-order valence-corrected chi connectivity index (χ0v) is 15.7. The van der Waals surface area contributed by atoms with Crippen molar-refractivity contribution in [2.45, 2.75) is 13.8 Å². The second-order valence-corrected chi connectivity index (χ2v) is 7.30. The van der Waals surface area contributed by atoms with Gasteiger partial charge in [0.05, 0.1) is 16.2 Å². The number of rotatable bonds is 3. The predicted octanol–water partition coefficient (Wildman–Crippen LogP) is 4.81. The number of phenolic OH excluding ortho intramolecular Hbond substituents is 1. The van der Waals surface area contributed by atoms with Crippen LogP contribution in [0, 0.1) is 24.0 Å². The van der Waals surface area contributed by atoms with Crippen molar-refractivity contribution < 1.29 is 14.4 Å². The number of hydrogen-bond acceptors (Lipinski definition) is 7. The van der Waals surface area contributed by atoms with Crippen molar-refractivity contribution >= 4 is 28.0 Å². The maximum absolute atomic E-state index is 12.4. The molecule has 7 nitrogen and oxygen atoms in total. The lowest BCUT2D eigenvalue weighted by Crippen LogP contribution is -2.03. The van der Waals surface area contributed by atoms with Gasteiger partial charge in [0.25, 0.3) is 0 Å². The maximum atomic E-state index is 12.4. The standard InChI is InChI=1S/C20H14N2O5S/c1-10-3-4-13(11(2)5-10)19-21-15(9-28-19)14-6-12-7-16(22(25)26)17(23)8-18(12)27-20(14)24/h3-9,23H,1-2H3. The van der Waals surface area contributed by atoms with Crippen LogP contribution in [-0.4, -0.2) is 15.0 Å². The molecule has 0 atom stereocenters. The van der Waals surface area contributed by atoms with E-state index in [1.165, 1.54) is 23.5 Å². The number of benzene rings is 2. The molecule has 4 rings (SSSR count). The van der Waals surface area contributed by atoms with Gasteiger partial charge < -0.3 is 9.52 Å². The number of aromatic nitrogens is 1. The first-order chi connectivity index (χ1) is 13.3. The lowest BCUT2D eigenvalue weighted by atomic mass is 10.1. The largest absolute Gasteiger partial charge is 0.502 e. The number of nitro groups is 1. The fraction of sp³-hybridized carbons (Fsp3) is 0.100. The lowest BCUT2D eigenvalue weighted by Gasteiger charge is -2.03. The fourth-order valence-electron chi connectivity index (χ4n) is 3.04. The van der Waals surface area contributed by atoms with E-state index in [1.54, 1.807) is 5.38 Å². The third-order valence-corrected chi connectivity index (χ3v) is 5.29. The van der Waals surface area contributed by atoms with Crippen LogP contribution in [0.3, 0.4) is 0 Å². The number of nitrogens with zero attached hydrogens (tertiary/aromatic N) is 2. The van der Waals surface area contributed by atoms with E-state index in [9.17, 15) is 20.0 Å². The molecule has 1 N–H and O–H groups in total. The van der Waals surface area contributed by atoms with Gasteiger partial charge in [0.1, 0.15) is 10.6 Å². The molecule has 140 valence electrons. The van der Waals surface area contributed by atoms with E-state index < -0.39 is 22.0 Å². The highest BCUT2D eigenvalue weighted by atomic mass is 32.1. The summed E-state index contributed by atoms with van der Waals surface area (Å²) in [5, 5.41) is 23.6. The molecule has 0 aliphatic rings. The summed E-state index contributed by atoms with van der Waals surface area (Å²) in [6.45, 7) is 4.01. The van der Waals surface area contributed by atoms with Crippen LogP contribution >= 0.6 is 11.3 Å². The molecule has 28 heavy (non-hydrogen) atoms. The van der Waals surface area contributed by atoms with E-state index in [-0.39, 0.29) is 11.1 Å². The number of aryl methyl sites for hydroxylation is 2. The molecule has 0 aliphatic carbocycles. The third kappa shape index (κ3) is 3.03. The van der Waals surface area contributed by atoms with E-state index >= 15 is 0 Å². The molecule has 0 unspecified atom stereocenters. The Bertz CT molecular complexity index is 1310.